The molecule has 1 heterocycles. The van der Waals surface area contributed by atoms with Gasteiger partial charge in [-0.25, -0.2) is 14.3 Å². The second-order valence-corrected chi connectivity index (χ2v) is 4.98. The number of aromatic amines is 1. The summed E-state index contributed by atoms with van der Waals surface area (Å²) >= 11 is 0. The maximum atomic E-state index is 13.8. The van der Waals surface area contributed by atoms with Crippen LogP contribution in [0.4, 0.5) is 4.39 Å². The van der Waals surface area contributed by atoms with Crippen LogP contribution in [-0.4, -0.2) is 10.2 Å². The summed E-state index contributed by atoms with van der Waals surface area (Å²) in [5.41, 5.74) is 6.84. The monoisotopic (exact) mass is 287 g/mol. The van der Waals surface area contributed by atoms with Crippen molar-refractivity contribution in [1.82, 2.24) is 10.2 Å². The SMILES string of the molecule is CC(c1cc(F)cc2ccccc12)C(N)c1n[nH]c(=O)o1. The van der Waals surface area contributed by atoms with Gasteiger partial charge in [0.1, 0.15) is 5.82 Å². The van der Waals surface area contributed by atoms with Gasteiger partial charge in [0, 0.05) is 5.92 Å². The molecule has 21 heavy (non-hydrogen) atoms. The molecule has 0 radical (unpaired) electrons. The molecule has 0 fully saturated rings. The summed E-state index contributed by atoms with van der Waals surface area (Å²) in [6.07, 6.45) is 0. The van der Waals surface area contributed by atoms with Gasteiger partial charge in [0.25, 0.3) is 0 Å². The Morgan fingerprint density at radius 2 is 2.10 bits per heavy atom. The highest BCUT2D eigenvalue weighted by atomic mass is 19.1. The molecule has 0 aliphatic rings. The van der Waals surface area contributed by atoms with Crippen LogP contribution < -0.4 is 11.5 Å². The number of nitrogens with two attached hydrogens (primary N) is 1. The lowest BCUT2D eigenvalue weighted by atomic mass is 9.89. The molecule has 3 aromatic rings. The lowest BCUT2D eigenvalue weighted by molar-refractivity contribution is 0.402. The molecule has 3 N–H and O–H groups in total. The van der Waals surface area contributed by atoms with Crippen LogP contribution >= 0.6 is 0 Å². The van der Waals surface area contributed by atoms with Crippen molar-refractivity contribution >= 4 is 10.8 Å². The Labute approximate surface area is 119 Å². The van der Waals surface area contributed by atoms with Crippen molar-refractivity contribution < 1.29 is 8.81 Å². The van der Waals surface area contributed by atoms with Gasteiger partial charge in [-0.15, -0.1) is 5.10 Å². The normalized spacial score (nSPS) is 14.2. The van der Waals surface area contributed by atoms with E-state index in [-0.39, 0.29) is 17.6 Å². The van der Waals surface area contributed by atoms with E-state index in [1.165, 1.54) is 12.1 Å². The van der Waals surface area contributed by atoms with E-state index in [0.29, 0.717) is 0 Å². The van der Waals surface area contributed by atoms with Gasteiger partial charge in [0.15, 0.2) is 0 Å². The first-order valence-corrected chi connectivity index (χ1v) is 6.55. The highest BCUT2D eigenvalue weighted by Crippen LogP contribution is 2.33. The minimum Gasteiger partial charge on any atom is -0.391 e. The second-order valence-electron chi connectivity index (χ2n) is 4.98. The number of H-pyrrole nitrogens is 1. The topological polar surface area (TPSA) is 84.9 Å². The molecule has 2 unspecified atom stereocenters. The first kappa shape index (κ1) is 13.5. The van der Waals surface area contributed by atoms with Crippen molar-refractivity contribution in [2.24, 2.45) is 5.73 Å². The third-order valence-corrected chi connectivity index (χ3v) is 3.63. The Bertz CT molecular complexity index is 840. The molecule has 2 aromatic carbocycles. The quantitative estimate of drug-likeness (QED) is 0.775. The number of nitrogens with one attached hydrogen (secondary N) is 1. The van der Waals surface area contributed by atoms with E-state index >= 15 is 0 Å². The molecule has 0 saturated heterocycles. The van der Waals surface area contributed by atoms with E-state index in [1.807, 2.05) is 31.2 Å². The second kappa shape index (κ2) is 5.14. The Hall–Kier alpha value is -2.47. The number of hydrogen-bond donors (Lipinski definition) is 2. The first-order chi connectivity index (χ1) is 10.1. The highest BCUT2D eigenvalue weighted by Gasteiger charge is 2.23. The van der Waals surface area contributed by atoms with Crippen LogP contribution in [0.2, 0.25) is 0 Å². The minimum atomic E-state index is -0.656. The number of fused-ring (bicyclic) bond motifs is 1. The van der Waals surface area contributed by atoms with Crippen molar-refractivity contribution in [3.8, 4) is 0 Å². The molecular formula is C15H14FN3O2. The maximum absolute atomic E-state index is 13.8. The lowest BCUT2D eigenvalue weighted by Gasteiger charge is -2.19. The zero-order chi connectivity index (χ0) is 15.0. The summed E-state index contributed by atoms with van der Waals surface area (Å²) in [4.78, 5) is 11.0. The maximum Gasteiger partial charge on any atom is 0.434 e. The average Bonchev–Trinajstić information content (AvgIpc) is 2.91. The molecular weight excluding hydrogens is 273 g/mol. The summed E-state index contributed by atoms with van der Waals surface area (Å²) in [7, 11) is 0. The molecule has 2 atom stereocenters. The number of hydrogen-bond acceptors (Lipinski definition) is 4. The molecule has 0 spiro atoms. The predicted octanol–water partition coefficient (Wildman–Crippen LogP) is 2.46. The third-order valence-electron chi connectivity index (χ3n) is 3.63. The van der Waals surface area contributed by atoms with Crippen molar-refractivity contribution in [3.05, 3.63) is 64.2 Å². The molecule has 6 heteroatoms. The smallest absolute Gasteiger partial charge is 0.391 e. The van der Waals surface area contributed by atoms with E-state index < -0.39 is 11.8 Å². The molecule has 5 nitrogen and oxygen atoms in total. The van der Waals surface area contributed by atoms with Crippen LogP contribution in [0.25, 0.3) is 10.8 Å². The Morgan fingerprint density at radius 3 is 2.81 bits per heavy atom. The summed E-state index contributed by atoms with van der Waals surface area (Å²) in [6.45, 7) is 1.85. The van der Waals surface area contributed by atoms with Crippen LogP contribution in [0.5, 0.6) is 0 Å². The fourth-order valence-corrected chi connectivity index (χ4v) is 2.47. The molecule has 1 aromatic heterocycles. The summed E-state index contributed by atoms with van der Waals surface area (Å²) in [5.74, 6) is -1.14. The van der Waals surface area contributed by atoms with Gasteiger partial charge in [-0.05, 0) is 28.5 Å². The standard InChI is InChI=1S/C15H14FN3O2/c1-8(13(17)14-18-19-15(20)21-14)12-7-10(16)6-9-4-2-3-5-11(9)12/h2-8,13H,17H2,1H3,(H,19,20). The highest BCUT2D eigenvalue weighted by molar-refractivity contribution is 5.86. The molecule has 0 amide bonds. The van der Waals surface area contributed by atoms with Crippen molar-refractivity contribution in [3.63, 3.8) is 0 Å². The number of rotatable bonds is 3. The summed E-state index contributed by atoms with van der Waals surface area (Å²) < 4.78 is 18.7. The minimum absolute atomic E-state index is 0.112. The van der Waals surface area contributed by atoms with Gasteiger partial charge in [-0.3, -0.25) is 0 Å². The molecule has 108 valence electrons. The fraction of sp³-hybridized carbons (Fsp3) is 0.200. The van der Waals surface area contributed by atoms with E-state index in [0.717, 1.165) is 16.3 Å². The van der Waals surface area contributed by atoms with Gasteiger partial charge in [0.2, 0.25) is 5.89 Å². The largest absolute Gasteiger partial charge is 0.434 e. The number of halogens is 1. The van der Waals surface area contributed by atoms with Gasteiger partial charge in [-0.2, -0.15) is 0 Å². The fourth-order valence-electron chi connectivity index (χ4n) is 2.47. The lowest BCUT2D eigenvalue weighted by Crippen LogP contribution is -2.18. The first-order valence-electron chi connectivity index (χ1n) is 6.55. The van der Waals surface area contributed by atoms with Gasteiger partial charge in [0.05, 0.1) is 6.04 Å². The summed E-state index contributed by atoms with van der Waals surface area (Å²) in [5, 5.41) is 7.64. The third kappa shape index (κ3) is 2.45. The van der Waals surface area contributed by atoms with Gasteiger partial charge < -0.3 is 10.2 Å². The molecule has 0 saturated carbocycles. The molecule has 0 bridgehead atoms. The van der Waals surface area contributed by atoms with E-state index in [4.69, 9.17) is 10.2 Å². The molecule has 3 rings (SSSR count). The van der Waals surface area contributed by atoms with Crippen LogP contribution in [0.1, 0.15) is 30.3 Å². The van der Waals surface area contributed by atoms with Crippen molar-refractivity contribution in [2.45, 2.75) is 18.9 Å². The van der Waals surface area contributed by atoms with Crippen LogP contribution in [0.3, 0.4) is 0 Å². The van der Waals surface area contributed by atoms with Crippen LogP contribution in [-0.2, 0) is 0 Å². The van der Waals surface area contributed by atoms with Crippen LogP contribution in [0, 0.1) is 5.82 Å². The van der Waals surface area contributed by atoms with E-state index in [2.05, 4.69) is 10.2 Å². The molecule has 0 aliphatic carbocycles. The Morgan fingerprint density at radius 1 is 1.33 bits per heavy atom. The average molecular weight is 287 g/mol. The predicted molar refractivity (Wildman–Crippen MR) is 76.4 cm³/mol. The zero-order valence-electron chi connectivity index (χ0n) is 11.3. The number of benzene rings is 2. The number of nitrogens with zero attached hydrogens (tertiary/aromatic N) is 1. The van der Waals surface area contributed by atoms with Crippen molar-refractivity contribution in [1.29, 1.82) is 0 Å². The molecule has 0 aliphatic heterocycles. The van der Waals surface area contributed by atoms with Crippen LogP contribution in [0.15, 0.2) is 45.6 Å². The summed E-state index contributed by atoms with van der Waals surface area (Å²) in [6, 6.07) is 9.78. The van der Waals surface area contributed by atoms with E-state index in [9.17, 15) is 9.18 Å². The van der Waals surface area contributed by atoms with Crippen molar-refractivity contribution in [2.75, 3.05) is 0 Å². The van der Waals surface area contributed by atoms with E-state index in [1.54, 1.807) is 0 Å². The van der Waals surface area contributed by atoms with Gasteiger partial charge in [-0.1, -0.05) is 31.2 Å². The number of aromatic nitrogens is 2. The van der Waals surface area contributed by atoms with Gasteiger partial charge >= 0.3 is 5.76 Å². The zero-order valence-corrected chi connectivity index (χ0v) is 11.3. The Balaban J connectivity index is 2.09. The Kier molecular flexibility index (Phi) is 3.31.